The maximum atomic E-state index is 14.3. The smallest absolute Gasteiger partial charge is 0.218 e. The summed E-state index contributed by atoms with van der Waals surface area (Å²) in [6.45, 7) is 3.22. The summed E-state index contributed by atoms with van der Waals surface area (Å²) < 4.78 is 115. The molecule has 0 N–H and O–H groups in total. The number of sulfone groups is 1. The van der Waals surface area contributed by atoms with Crippen LogP contribution in [0.2, 0.25) is 0 Å². The van der Waals surface area contributed by atoms with E-state index in [1.165, 1.54) is 12.1 Å². The average Bonchev–Trinajstić information content (AvgIpc) is 3.80. The highest BCUT2D eigenvalue weighted by Gasteiger charge is 2.43. The predicted octanol–water partition coefficient (Wildman–Crippen LogP) is 10.8. The second-order valence-corrected chi connectivity index (χ2v) is 17.0. The number of fused-ring (bicyclic) bond motifs is 10. The molecule has 2 nitrogen and oxygen atoms in total. The number of benzene rings is 6. The topological polar surface area (TPSA) is 34.1 Å². The van der Waals surface area contributed by atoms with Crippen molar-refractivity contribution in [3.63, 3.8) is 0 Å². The molecule has 266 valence electrons. The first-order valence-corrected chi connectivity index (χ1v) is 19.3. The summed E-state index contributed by atoms with van der Waals surface area (Å²) in [5.41, 5.74) is 3.77. The summed E-state index contributed by atoms with van der Waals surface area (Å²) in [5, 5.41) is 3.48. The molecule has 0 unspecified atom stereocenters. The highest BCUT2D eigenvalue weighted by atomic mass is 32.2. The number of hydrogen-bond acceptors (Lipinski definition) is 3. The van der Waals surface area contributed by atoms with Crippen LogP contribution in [0.3, 0.4) is 0 Å². The van der Waals surface area contributed by atoms with Crippen molar-refractivity contribution in [2.75, 3.05) is 0 Å². The lowest BCUT2D eigenvalue weighted by Gasteiger charge is -2.14. The van der Waals surface area contributed by atoms with Gasteiger partial charge in [0, 0.05) is 42.8 Å². The van der Waals surface area contributed by atoms with Crippen molar-refractivity contribution >= 4 is 63.7 Å². The molecule has 0 radical (unpaired) electrons. The third-order valence-corrected chi connectivity index (χ3v) is 13.7. The zero-order valence-electron chi connectivity index (χ0n) is 28.3. The Bertz CT molecular complexity index is 3160. The van der Waals surface area contributed by atoms with E-state index in [-0.39, 0.29) is 15.4 Å². The van der Waals surface area contributed by atoms with Crippen molar-refractivity contribution in [2.45, 2.75) is 31.1 Å². The molecular weight excluding hydrogens is 739 g/mol. The molecule has 2 heterocycles. The molecule has 1 aliphatic heterocycles. The van der Waals surface area contributed by atoms with E-state index in [1.807, 2.05) is 42.5 Å². The summed E-state index contributed by atoms with van der Waals surface area (Å²) in [6.07, 6.45) is -9.19. The van der Waals surface area contributed by atoms with Crippen molar-refractivity contribution in [1.82, 2.24) is 0 Å². The highest BCUT2D eigenvalue weighted by molar-refractivity contribution is 8.01. The van der Waals surface area contributed by atoms with Gasteiger partial charge in [-0.1, -0.05) is 48.5 Å². The standard InChI is InChI=1S/C44H24F6O2S2/c1-21-11-25(15-27(13-21)43(45,46)47)37-31-17-24-20-34-32(18-23(24)19-33(31)41-39(37)29-7-3-5-9-35(29)53-41)38(26-12-22(2)14-28(16-26)44(48,49)50)40-30-8-4-6-10-36(30)54(51,52)42(34)40/h3-20H,1-2H3. The fraction of sp³-hybridized carbons (Fsp3) is 0.0909. The lowest BCUT2D eigenvalue weighted by molar-refractivity contribution is -0.138. The largest absolute Gasteiger partial charge is 0.416 e. The number of halogens is 6. The lowest BCUT2D eigenvalue weighted by Crippen LogP contribution is -2.14. The average molecular weight is 763 g/mol. The van der Waals surface area contributed by atoms with Gasteiger partial charge in [0.25, 0.3) is 0 Å². The van der Waals surface area contributed by atoms with Gasteiger partial charge in [-0.25, -0.2) is 8.42 Å². The number of thiophene rings is 1. The van der Waals surface area contributed by atoms with E-state index in [1.54, 1.807) is 61.6 Å². The third kappa shape index (κ3) is 4.62. The molecule has 6 aromatic carbocycles. The van der Waals surface area contributed by atoms with Crippen molar-refractivity contribution in [3.8, 4) is 10.4 Å². The van der Waals surface area contributed by atoms with Gasteiger partial charge >= 0.3 is 12.4 Å². The molecule has 10 rings (SSSR count). The van der Waals surface area contributed by atoms with Crippen molar-refractivity contribution in [1.29, 1.82) is 0 Å². The Kier molecular flexibility index (Phi) is 6.65. The van der Waals surface area contributed by atoms with E-state index >= 15 is 0 Å². The number of aryl methyl sites for hydroxylation is 2. The minimum Gasteiger partial charge on any atom is -0.218 e. The van der Waals surface area contributed by atoms with Gasteiger partial charge in [-0.15, -0.1) is 11.3 Å². The summed E-state index contributed by atoms with van der Waals surface area (Å²) in [5.74, 6) is 0. The Balaban J connectivity index is 1.33. The van der Waals surface area contributed by atoms with Crippen LogP contribution in [0.1, 0.15) is 50.1 Å². The second kappa shape index (κ2) is 10.8. The third-order valence-electron chi connectivity index (χ3n) is 10.6. The van der Waals surface area contributed by atoms with Gasteiger partial charge in [0.05, 0.1) is 20.9 Å². The Labute approximate surface area is 308 Å². The Morgan fingerprint density at radius 1 is 0.556 bits per heavy atom. The monoisotopic (exact) mass is 762 g/mol. The quantitative estimate of drug-likeness (QED) is 0.164. The van der Waals surface area contributed by atoms with Crippen LogP contribution >= 0.6 is 11.3 Å². The lowest BCUT2D eigenvalue weighted by atomic mass is 9.91. The fourth-order valence-electron chi connectivity index (χ4n) is 8.48. The summed E-state index contributed by atoms with van der Waals surface area (Å²) >= 11 is 1.54. The maximum absolute atomic E-state index is 14.3. The molecule has 0 saturated carbocycles. The maximum Gasteiger partial charge on any atom is 0.416 e. The minimum absolute atomic E-state index is 0.0361. The zero-order valence-corrected chi connectivity index (χ0v) is 29.9. The van der Waals surface area contributed by atoms with E-state index in [9.17, 15) is 34.8 Å². The first-order chi connectivity index (χ1) is 25.6. The van der Waals surface area contributed by atoms with Crippen LogP contribution in [-0.4, -0.2) is 8.42 Å². The zero-order chi connectivity index (χ0) is 37.6. The van der Waals surface area contributed by atoms with Gasteiger partial charge in [-0.3, -0.25) is 0 Å². The minimum atomic E-state index is -4.63. The van der Waals surface area contributed by atoms with E-state index in [4.69, 9.17) is 0 Å². The highest BCUT2D eigenvalue weighted by Crippen LogP contribution is 2.53. The van der Waals surface area contributed by atoms with Crippen LogP contribution in [0.5, 0.6) is 0 Å². The van der Waals surface area contributed by atoms with E-state index in [0.29, 0.717) is 60.5 Å². The second-order valence-electron chi connectivity index (χ2n) is 14.1. The van der Waals surface area contributed by atoms with E-state index in [2.05, 4.69) is 0 Å². The number of alkyl halides is 6. The van der Waals surface area contributed by atoms with Crippen LogP contribution in [0.4, 0.5) is 26.3 Å². The molecule has 0 atom stereocenters. The van der Waals surface area contributed by atoms with Gasteiger partial charge < -0.3 is 0 Å². The van der Waals surface area contributed by atoms with Crippen LogP contribution in [0.25, 0.3) is 52.9 Å². The number of rotatable bonds is 2. The van der Waals surface area contributed by atoms with Crippen molar-refractivity contribution in [3.05, 3.63) is 170 Å². The van der Waals surface area contributed by atoms with Crippen LogP contribution < -0.4 is 10.4 Å². The molecule has 2 aliphatic carbocycles. The first kappa shape index (κ1) is 33.1. The Morgan fingerprint density at radius 2 is 1.11 bits per heavy atom. The van der Waals surface area contributed by atoms with E-state index in [0.717, 1.165) is 49.5 Å². The molecule has 7 aromatic rings. The Hall–Kier alpha value is -5.45. The van der Waals surface area contributed by atoms with Gasteiger partial charge in [0.15, 0.2) is 0 Å². The van der Waals surface area contributed by atoms with E-state index < -0.39 is 33.3 Å². The number of allylic oxidation sites excluding steroid dienone is 1. The molecule has 54 heavy (non-hydrogen) atoms. The van der Waals surface area contributed by atoms with Gasteiger partial charge in [-0.2, -0.15) is 26.3 Å². The molecule has 0 amide bonds. The first-order valence-electron chi connectivity index (χ1n) is 17.0. The molecule has 10 heteroatoms. The van der Waals surface area contributed by atoms with Crippen molar-refractivity contribution in [2.24, 2.45) is 0 Å². The molecule has 0 spiro atoms. The summed E-state index contributed by atoms with van der Waals surface area (Å²) in [4.78, 5) is 1.02. The molecular formula is C44H24F6O2S2. The van der Waals surface area contributed by atoms with Gasteiger partial charge in [0.2, 0.25) is 9.84 Å². The SMILES string of the molecule is Cc1cc(C2=c3cc4cc5c(cc4cc3C3=C2c2ccccc2S3(=O)=O)=C(c2cc(C)cc(C(F)(F)F)c2)c2c-5sc3ccccc23)cc(C(F)(F)F)c1. The van der Waals surface area contributed by atoms with Crippen molar-refractivity contribution < 1.29 is 34.8 Å². The molecule has 0 fully saturated rings. The molecule has 0 saturated heterocycles. The van der Waals surface area contributed by atoms with Gasteiger partial charge in [-0.05, 0) is 129 Å². The molecule has 3 aliphatic rings. The molecule has 0 bridgehead atoms. The fourth-order valence-corrected chi connectivity index (χ4v) is 11.6. The Morgan fingerprint density at radius 3 is 1.76 bits per heavy atom. The summed E-state index contributed by atoms with van der Waals surface area (Å²) in [7, 11) is -4.08. The molecule has 1 aromatic heterocycles. The predicted molar refractivity (Wildman–Crippen MR) is 201 cm³/mol. The normalized spacial score (nSPS) is 15.6. The number of hydrogen-bond donors (Lipinski definition) is 0. The summed E-state index contributed by atoms with van der Waals surface area (Å²) in [6, 6.07) is 29.6. The van der Waals surface area contributed by atoms with Gasteiger partial charge in [0.1, 0.15) is 0 Å². The van der Waals surface area contributed by atoms with Crippen LogP contribution in [0, 0.1) is 13.8 Å². The van der Waals surface area contributed by atoms with Crippen LogP contribution in [0.15, 0.2) is 114 Å². The van der Waals surface area contributed by atoms with Crippen LogP contribution in [-0.2, 0) is 22.2 Å².